The molecule has 0 aliphatic rings. The van der Waals surface area contributed by atoms with Crippen molar-refractivity contribution < 1.29 is 13.0 Å². The average Bonchev–Trinajstić information content (AvgIpc) is 2.55. The van der Waals surface area contributed by atoms with Crippen molar-refractivity contribution in [2.24, 2.45) is 0 Å². The molecule has 3 rings (SSSR count). The largest absolute Gasteiger partial charge is 0.397 e. The van der Waals surface area contributed by atoms with Crippen LogP contribution >= 0.6 is 0 Å². The minimum atomic E-state index is -4.39. The van der Waals surface area contributed by atoms with Gasteiger partial charge in [-0.15, -0.1) is 0 Å². The second-order valence-electron chi connectivity index (χ2n) is 5.11. The van der Waals surface area contributed by atoms with E-state index in [1.165, 1.54) is 6.07 Å². The summed E-state index contributed by atoms with van der Waals surface area (Å²) in [4.78, 5) is -0.281. The van der Waals surface area contributed by atoms with Crippen LogP contribution in [0.1, 0.15) is 0 Å². The van der Waals surface area contributed by atoms with E-state index in [1.807, 2.05) is 60.7 Å². The lowest BCUT2D eigenvalue weighted by molar-refractivity contribution is 0.483. The standard InChI is InChI=1S/C18H15NO3S/c19-18-16(23(20,21)22)12-11-15(13-7-3-1-4-8-13)17(18)14-9-5-2-6-10-14/h1-12H,19H2,(H,20,21,22). The highest BCUT2D eigenvalue weighted by atomic mass is 32.2. The Kier molecular flexibility index (Phi) is 3.90. The van der Waals surface area contributed by atoms with Crippen LogP contribution in [0, 0.1) is 0 Å². The first-order chi connectivity index (χ1) is 11.0. The molecule has 0 bridgehead atoms. The smallest absolute Gasteiger partial charge is 0.296 e. The number of hydrogen-bond donors (Lipinski definition) is 2. The maximum atomic E-state index is 11.6. The van der Waals surface area contributed by atoms with Gasteiger partial charge in [-0.1, -0.05) is 66.7 Å². The van der Waals surface area contributed by atoms with Crippen LogP contribution in [0.25, 0.3) is 22.3 Å². The third-order valence-electron chi connectivity index (χ3n) is 3.63. The highest BCUT2D eigenvalue weighted by molar-refractivity contribution is 7.86. The molecule has 4 nitrogen and oxygen atoms in total. The predicted octanol–water partition coefficient (Wildman–Crippen LogP) is 3.85. The summed E-state index contributed by atoms with van der Waals surface area (Å²) in [7, 11) is -4.39. The van der Waals surface area contributed by atoms with Gasteiger partial charge in [-0.25, -0.2) is 0 Å². The number of nitrogen functional groups attached to an aromatic ring is 1. The van der Waals surface area contributed by atoms with Crippen molar-refractivity contribution >= 4 is 15.8 Å². The summed E-state index contributed by atoms with van der Waals surface area (Å²) in [5.41, 5.74) is 9.24. The van der Waals surface area contributed by atoms with Crippen molar-refractivity contribution in [1.29, 1.82) is 0 Å². The van der Waals surface area contributed by atoms with E-state index >= 15 is 0 Å². The summed E-state index contributed by atoms with van der Waals surface area (Å²) in [6.07, 6.45) is 0. The Morgan fingerprint density at radius 3 is 1.78 bits per heavy atom. The van der Waals surface area contributed by atoms with Crippen molar-refractivity contribution in [3.05, 3.63) is 72.8 Å². The fourth-order valence-electron chi connectivity index (χ4n) is 2.60. The van der Waals surface area contributed by atoms with E-state index in [2.05, 4.69) is 0 Å². The molecular formula is C18H15NO3S. The Hall–Kier alpha value is -2.63. The third-order valence-corrected chi connectivity index (χ3v) is 4.54. The van der Waals surface area contributed by atoms with Crippen LogP contribution in [0.3, 0.4) is 0 Å². The SMILES string of the molecule is Nc1c(S(=O)(=O)O)ccc(-c2ccccc2)c1-c1ccccc1. The van der Waals surface area contributed by atoms with E-state index in [0.717, 1.165) is 16.7 Å². The maximum absolute atomic E-state index is 11.6. The minimum absolute atomic E-state index is 0.0417. The first kappa shape index (κ1) is 15.3. The highest BCUT2D eigenvalue weighted by Crippen LogP contribution is 2.39. The second-order valence-corrected chi connectivity index (χ2v) is 6.50. The van der Waals surface area contributed by atoms with E-state index in [4.69, 9.17) is 5.73 Å². The molecule has 23 heavy (non-hydrogen) atoms. The summed E-state index contributed by atoms with van der Waals surface area (Å²) in [6.45, 7) is 0. The van der Waals surface area contributed by atoms with Gasteiger partial charge >= 0.3 is 0 Å². The number of hydrogen-bond acceptors (Lipinski definition) is 3. The van der Waals surface area contributed by atoms with Gasteiger partial charge in [-0.3, -0.25) is 4.55 Å². The zero-order valence-corrected chi connectivity index (χ0v) is 13.0. The number of rotatable bonds is 3. The van der Waals surface area contributed by atoms with Gasteiger partial charge in [-0.2, -0.15) is 8.42 Å². The quantitative estimate of drug-likeness (QED) is 0.566. The molecule has 116 valence electrons. The van der Waals surface area contributed by atoms with Gasteiger partial charge in [0.25, 0.3) is 10.1 Å². The van der Waals surface area contributed by atoms with Crippen LogP contribution in [-0.2, 0) is 10.1 Å². The molecule has 0 radical (unpaired) electrons. The molecule has 0 heterocycles. The molecule has 0 aliphatic carbocycles. The average molecular weight is 325 g/mol. The molecule has 0 aliphatic heterocycles. The van der Waals surface area contributed by atoms with Gasteiger partial charge in [0.1, 0.15) is 4.90 Å². The number of benzene rings is 3. The van der Waals surface area contributed by atoms with E-state index in [1.54, 1.807) is 6.07 Å². The molecule has 3 N–H and O–H groups in total. The third kappa shape index (κ3) is 2.97. The topological polar surface area (TPSA) is 80.4 Å². The molecule has 0 saturated carbocycles. The summed E-state index contributed by atoms with van der Waals surface area (Å²) < 4.78 is 32.5. The van der Waals surface area contributed by atoms with Gasteiger partial charge in [0.05, 0.1) is 5.69 Å². The number of nitrogens with two attached hydrogens (primary N) is 1. The highest BCUT2D eigenvalue weighted by Gasteiger charge is 2.20. The lowest BCUT2D eigenvalue weighted by atomic mass is 9.93. The molecule has 0 atom stereocenters. The van der Waals surface area contributed by atoms with Gasteiger partial charge in [0.2, 0.25) is 0 Å². The van der Waals surface area contributed by atoms with Crippen LogP contribution in [0.2, 0.25) is 0 Å². The van der Waals surface area contributed by atoms with E-state index in [9.17, 15) is 13.0 Å². The van der Waals surface area contributed by atoms with Gasteiger partial charge < -0.3 is 5.73 Å². The molecule has 5 heteroatoms. The first-order valence-electron chi connectivity index (χ1n) is 6.99. The molecule has 0 fully saturated rings. The molecule has 3 aromatic carbocycles. The van der Waals surface area contributed by atoms with Gasteiger partial charge in [0, 0.05) is 5.56 Å². The number of anilines is 1. The predicted molar refractivity (Wildman–Crippen MR) is 91.5 cm³/mol. The maximum Gasteiger partial charge on any atom is 0.296 e. The molecular weight excluding hydrogens is 310 g/mol. The van der Waals surface area contributed by atoms with Crippen molar-refractivity contribution in [3.63, 3.8) is 0 Å². The molecule has 3 aromatic rings. The Bertz CT molecular complexity index is 937. The van der Waals surface area contributed by atoms with Crippen molar-refractivity contribution in [2.45, 2.75) is 4.90 Å². The van der Waals surface area contributed by atoms with Crippen molar-refractivity contribution in [3.8, 4) is 22.3 Å². The van der Waals surface area contributed by atoms with Crippen LogP contribution in [0.15, 0.2) is 77.7 Å². The Morgan fingerprint density at radius 1 is 0.739 bits per heavy atom. The van der Waals surface area contributed by atoms with Crippen molar-refractivity contribution in [1.82, 2.24) is 0 Å². The summed E-state index contributed by atoms with van der Waals surface area (Å²) in [5, 5.41) is 0. The van der Waals surface area contributed by atoms with Crippen LogP contribution in [-0.4, -0.2) is 13.0 Å². The Balaban J connectivity index is 2.36. The zero-order chi connectivity index (χ0) is 16.4. The van der Waals surface area contributed by atoms with Gasteiger partial charge in [-0.05, 0) is 22.8 Å². The summed E-state index contributed by atoms with van der Waals surface area (Å²) >= 11 is 0. The molecule has 0 unspecified atom stereocenters. The van der Waals surface area contributed by atoms with Crippen molar-refractivity contribution in [2.75, 3.05) is 5.73 Å². The summed E-state index contributed by atoms with van der Waals surface area (Å²) in [6, 6.07) is 21.8. The lowest BCUT2D eigenvalue weighted by Gasteiger charge is -2.15. The first-order valence-corrected chi connectivity index (χ1v) is 8.43. The Labute approximate surface area is 135 Å². The second kappa shape index (κ2) is 5.87. The van der Waals surface area contributed by atoms with Crippen LogP contribution < -0.4 is 5.73 Å². The minimum Gasteiger partial charge on any atom is -0.397 e. The monoisotopic (exact) mass is 325 g/mol. The molecule has 0 spiro atoms. The molecule has 0 aromatic heterocycles. The van der Waals surface area contributed by atoms with Gasteiger partial charge in [0.15, 0.2) is 0 Å². The zero-order valence-electron chi connectivity index (χ0n) is 12.2. The normalized spacial score (nSPS) is 11.3. The Morgan fingerprint density at radius 2 is 1.26 bits per heavy atom. The summed E-state index contributed by atoms with van der Waals surface area (Å²) in [5.74, 6) is 0. The lowest BCUT2D eigenvalue weighted by Crippen LogP contribution is -2.05. The fraction of sp³-hybridized carbons (Fsp3) is 0. The molecule has 0 amide bonds. The van der Waals surface area contributed by atoms with E-state index in [-0.39, 0.29) is 10.6 Å². The molecule has 0 saturated heterocycles. The van der Waals surface area contributed by atoms with E-state index < -0.39 is 10.1 Å². The van der Waals surface area contributed by atoms with E-state index in [0.29, 0.717) is 5.56 Å². The van der Waals surface area contributed by atoms with Crippen LogP contribution in [0.5, 0.6) is 0 Å². The van der Waals surface area contributed by atoms with Crippen LogP contribution in [0.4, 0.5) is 5.69 Å². The fourth-order valence-corrected chi connectivity index (χ4v) is 3.22.